The van der Waals surface area contributed by atoms with Crippen LogP contribution in [0.15, 0.2) is 48.7 Å². The maximum absolute atomic E-state index is 11.5. The Hall–Kier alpha value is -2.18. The third-order valence-corrected chi connectivity index (χ3v) is 6.08. The Balaban J connectivity index is 1.36. The van der Waals surface area contributed by atoms with E-state index in [9.17, 15) is 8.42 Å². The molecule has 4 rings (SSSR count). The Morgan fingerprint density at radius 3 is 2.85 bits per heavy atom. The lowest BCUT2D eigenvalue weighted by Crippen LogP contribution is -2.20. The second-order valence-corrected chi connectivity index (χ2v) is 9.92. The van der Waals surface area contributed by atoms with Crippen molar-refractivity contribution in [3.63, 3.8) is 0 Å². The summed E-state index contributed by atoms with van der Waals surface area (Å²) >= 11 is 0. The lowest BCUT2D eigenvalue weighted by Gasteiger charge is -2.17. The van der Waals surface area contributed by atoms with Crippen molar-refractivity contribution in [2.75, 3.05) is 19.3 Å². The molecule has 2 heterocycles. The van der Waals surface area contributed by atoms with Gasteiger partial charge in [0.1, 0.15) is 0 Å². The Morgan fingerprint density at radius 2 is 2.00 bits per heavy atom. The van der Waals surface area contributed by atoms with E-state index in [-0.39, 0.29) is 5.75 Å². The van der Waals surface area contributed by atoms with Gasteiger partial charge in [0.2, 0.25) is 0 Å². The number of nitrogens with zero attached hydrogens (tertiary/aromatic N) is 2. The molecule has 0 spiro atoms. The highest BCUT2D eigenvalue weighted by molar-refractivity contribution is 7.89. The van der Waals surface area contributed by atoms with Crippen LogP contribution in [0.4, 0.5) is 0 Å². The van der Waals surface area contributed by atoms with Gasteiger partial charge >= 0.3 is 0 Å². The summed E-state index contributed by atoms with van der Waals surface area (Å²) in [5.74, 6) is 0.772. The van der Waals surface area contributed by atoms with E-state index in [1.54, 1.807) is 0 Å². The third kappa shape index (κ3) is 4.76. The predicted molar refractivity (Wildman–Crippen MR) is 108 cm³/mol. The van der Waals surface area contributed by atoms with Gasteiger partial charge in [0, 0.05) is 24.7 Å². The molecule has 142 valence electrons. The molecule has 0 bridgehead atoms. The zero-order valence-electron chi connectivity index (χ0n) is 15.6. The van der Waals surface area contributed by atoms with Gasteiger partial charge in [-0.2, -0.15) is 5.10 Å². The fourth-order valence-corrected chi connectivity index (χ4v) is 4.84. The number of aromatic nitrogens is 2. The number of hydrogen-bond donors (Lipinski definition) is 1. The van der Waals surface area contributed by atoms with Crippen molar-refractivity contribution in [1.29, 1.82) is 0 Å². The SMILES string of the molecule is CS(=O)(=O)Cc1cccc(CN2CC[C@@H](Cc3ccc4[nH]ncc4c3)C2)c1. The van der Waals surface area contributed by atoms with Crippen LogP contribution in [0.25, 0.3) is 10.9 Å². The Bertz CT molecular complexity index is 1040. The molecule has 1 saturated heterocycles. The van der Waals surface area contributed by atoms with Crippen molar-refractivity contribution in [3.8, 4) is 0 Å². The van der Waals surface area contributed by atoms with Crippen LogP contribution in [0.1, 0.15) is 23.1 Å². The van der Waals surface area contributed by atoms with Crippen LogP contribution in [0.3, 0.4) is 0 Å². The van der Waals surface area contributed by atoms with E-state index in [0.717, 1.165) is 37.1 Å². The zero-order valence-corrected chi connectivity index (χ0v) is 16.4. The first-order chi connectivity index (χ1) is 12.9. The van der Waals surface area contributed by atoms with Crippen LogP contribution < -0.4 is 0 Å². The largest absolute Gasteiger partial charge is 0.299 e. The number of benzene rings is 2. The minimum atomic E-state index is -3.00. The molecule has 1 aliphatic heterocycles. The third-order valence-electron chi connectivity index (χ3n) is 5.23. The van der Waals surface area contributed by atoms with E-state index in [2.05, 4.69) is 39.4 Å². The summed E-state index contributed by atoms with van der Waals surface area (Å²) in [6, 6.07) is 14.5. The predicted octanol–water partition coefficient (Wildman–Crippen LogP) is 3.17. The number of sulfone groups is 1. The first kappa shape index (κ1) is 18.2. The maximum atomic E-state index is 11.5. The molecule has 0 saturated carbocycles. The van der Waals surface area contributed by atoms with E-state index in [4.69, 9.17) is 0 Å². The van der Waals surface area contributed by atoms with E-state index >= 15 is 0 Å². The number of hydrogen-bond acceptors (Lipinski definition) is 4. The lowest BCUT2D eigenvalue weighted by atomic mass is 9.98. The second-order valence-electron chi connectivity index (χ2n) is 7.78. The summed E-state index contributed by atoms with van der Waals surface area (Å²) in [5.41, 5.74) is 4.52. The van der Waals surface area contributed by atoms with Gasteiger partial charge < -0.3 is 0 Å². The molecule has 1 N–H and O–H groups in total. The van der Waals surface area contributed by atoms with Gasteiger partial charge in [-0.1, -0.05) is 30.3 Å². The molecule has 1 atom stereocenters. The summed E-state index contributed by atoms with van der Waals surface area (Å²) < 4.78 is 23.0. The highest BCUT2D eigenvalue weighted by Gasteiger charge is 2.23. The van der Waals surface area contributed by atoms with Crippen molar-refractivity contribution < 1.29 is 8.42 Å². The number of fused-ring (bicyclic) bond motifs is 1. The van der Waals surface area contributed by atoms with Crippen molar-refractivity contribution >= 4 is 20.7 Å². The molecule has 3 aromatic rings. The molecule has 1 fully saturated rings. The molecule has 0 amide bonds. The molecule has 1 aliphatic rings. The second kappa shape index (κ2) is 7.44. The molecule has 2 aromatic carbocycles. The zero-order chi connectivity index (χ0) is 18.9. The number of likely N-dealkylation sites (tertiary alicyclic amines) is 1. The summed E-state index contributed by atoms with van der Waals surface area (Å²) in [6.07, 6.45) is 5.45. The molecule has 1 aromatic heterocycles. The highest BCUT2D eigenvalue weighted by atomic mass is 32.2. The van der Waals surface area contributed by atoms with Gasteiger partial charge in [0.15, 0.2) is 9.84 Å². The van der Waals surface area contributed by atoms with Gasteiger partial charge in [-0.25, -0.2) is 8.42 Å². The van der Waals surface area contributed by atoms with E-state index < -0.39 is 9.84 Å². The van der Waals surface area contributed by atoms with E-state index in [1.807, 2.05) is 24.4 Å². The summed E-state index contributed by atoms with van der Waals surface area (Å²) in [6.45, 7) is 3.06. The van der Waals surface area contributed by atoms with Crippen LogP contribution >= 0.6 is 0 Å². The van der Waals surface area contributed by atoms with Crippen LogP contribution in [0.5, 0.6) is 0 Å². The molecule has 0 unspecified atom stereocenters. The normalized spacial score (nSPS) is 18.3. The molecule has 6 heteroatoms. The fraction of sp³-hybridized carbons (Fsp3) is 0.381. The average molecular weight is 384 g/mol. The number of rotatable bonds is 6. The van der Waals surface area contributed by atoms with Crippen LogP contribution in [0, 0.1) is 5.92 Å². The van der Waals surface area contributed by atoms with Crippen LogP contribution in [0.2, 0.25) is 0 Å². The van der Waals surface area contributed by atoms with Gasteiger partial charge in [-0.15, -0.1) is 0 Å². The summed E-state index contributed by atoms with van der Waals surface area (Å²) in [4.78, 5) is 2.47. The molecule has 0 aliphatic carbocycles. The Labute approximate surface area is 160 Å². The van der Waals surface area contributed by atoms with Crippen molar-refractivity contribution in [2.24, 2.45) is 5.92 Å². The smallest absolute Gasteiger partial charge is 0.151 e. The minimum Gasteiger partial charge on any atom is -0.299 e. The van der Waals surface area contributed by atoms with Gasteiger partial charge in [-0.05, 0) is 54.1 Å². The van der Waals surface area contributed by atoms with E-state index in [1.165, 1.54) is 29.2 Å². The van der Waals surface area contributed by atoms with E-state index in [0.29, 0.717) is 5.92 Å². The van der Waals surface area contributed by atoms with Crippen molar-refractivity contribution in [2.45, 2.75) is 25.1 Å². The number of aromatic amines is 1. The quantitative estimate of drug-likeness (QED) is 0.710. The van der Waals surface area contributed by atoms with Gasteiger partial charge in [-0.3, -0.25) is 10.00 Å². The van der Waals surface area contributed by atoms with Crippen LogP contribution in [-0.4, -0.2) is 42.9 Å². The molecular formula is C21H25N3O2S. The monoisotopic (exact) mass is 383 g/mol. The maximum Gasteiger partial charge on any atom is 0.151 e. The van der Waals surface area contributed by atoms with Crippen LogP contribution in [-0.2, 0) is 28.6 Å². The lowest BCUT2D eigenvalue weighted by molar-refractivity contribution is 0.316. The molecule has 27 heavy (non-hydrogen) atoms. The average Bonchev–Trinajstić information content (AvgIpc) is 3.22. The van der Waals surface area contributed by atoms with Crippen molar-refractivity contribution in [3.05, 3.63) is 65.4 Å². The Morgan fingerprint density at radius 1 is 1.15 bits per heavy atom. The number of nitrogens with one attached hydrogen (secondary N) is 1. The Kier molecular flexibility index (Phi) is 5.02. The summed E-state index contributed by atoms with van der Waals surface area (Å²) in [5, 5.41) is 8.26. The standard InChI is InChI=1S/C21H25N3O2S/c1-27(25,26)15-19-4-2-3-17(10-19)13-24-8-7-18(14-24)9-16-5-6-21-20(11-16)12-22-23-21/h2-6,10-12,18H,7-9,13-15H2,1H3,(H,22,23)/t18-/m0/s1. The van der Waals surface area contributed by atoms with Gasteiger partial charge in [0.05, 0.1) is 17.5 Å². The molecular weight excluding hydrogens is 358 g/mol. The first-order valence-corrected chi connectivity index (χ1v) is 11.4. The first-order valence-electron chi connectivity index (χ1n) is 9.34. The number of H-pyrrole nitrogens is 1. The topological polar surface area (TPSA) is 66.1 Å². The molecule has 5 nitrogen and oxygen atoms in total. The fourth-order valence-electron chi connectivity index (χ4n) is 4.05. The minimum absolute atomic E-state index is 0.111. The summed E-state index contributed by atoms with van der Waals surface area (Å²) in [7, 11) is -3.00. The highest BCUT2D eigenvalue weighted by Crippen LogP contribution is 2.24. The van der Waals surface area contributed by atoms with Crippen molar-refractivity contribution in [1.82, 2.24) is 15.1 Å². The molecule has 0 radical (unpaired) electrons. The van der Waals surface area contributed by atoms with Gasteiger partial charge in [0.25, 0.3) is 0 Å².